The first-order valence-corrected chi connectivity index (χ1v) is 20.6. The highest BCUT2D eigenvalue weighted by Crippen LogP contribution is 2.39. The lowest BCUT2D eigenvalue weighted by Crippen LogP contribution is -2.38. The van der Waals surface area contributed by atoms with Gasteiger partial charge in [0.2, 0.25) is 17.7 Å². The molecule has 5 heterocycles. The van der Waals surface area contributed by atoms with Crippen molar-refractivity contribution in [2.24, 2.45) is 16.0 Å². The molecule has 0 aliphatic carbocycles. The Bertz CT molecular complexity index is 2220. The van der Waals surface area contributed by atoms with Crippen molar-refractivity contribution in [1.29, 1.82) is 0 Å². The van der Waals surface area contributed by atoms with Gasteiger partial charge in [-0.25, -0.2) is 0 Å². The number of amidine groups is 1. The minimum Gasteiger partial charge on any atom is -0.377 e. The number of benzene rings is 2. The van der Waals surface area contributed by atoms with E-state index in [0.29, 0.717) is 59.2 Å². The number of hydrogen-bond donors (Lipinski definition) is 2. The zero-order chi connectivity index (χ0) is 40.2. The number of fused-ring (bicyclic) bond motifs is 3. The maximum absolute atomic E-state index is 13.2. The van der Waals surface area contributed by atoms with Crippen molar-refractivity contribution in [1.82, 2.24) is 30.3 Å². The quantitative estimate of drug-likeness (QED) is 0.159. The molecule has 0 bridgehead atoms. The van der Waals surface area contributed by atoms with Crippen molar-refractivity contribution >= 4 is 81.1 Å². The van der Waals surface area contributed by atoms with Gasteiger partial charge in [0.1, 0.15) is 29.3 Å². The van der Waals surface area contributed by atoms with Crippen molar-refractivity contribution in [3.8, 4) is 5.00 Å². The highest BCUT2D eigenvalue weighted by atomic mass is 35.5. The van der Waals surface area contributed by atoms with Gasteiger partial charge in [-0.2, -0.15) is 5.10 Å². The first kappa shape index (κ1) is 40.8. The summed E-state index contributed by atoms with van der Waals surface area (Å²) in [5.74, 6) is 1.02. The lowest BCUT2D eigenvalue weighted by Gasteiger charge is -2.16. The highest BCUT2D eigenvalue weighted by molar-refractivity contribution is 7.15. The molecule has 1 fully saturated rings. The van der Waals surface area contributed by atoms with Gasteiger partial charge < -0.3 is 25.0 Å². The number of aliphatic imine (C=N–C) groups is 1. The molecule has 2 aromatic carbocycles. The van der Waals surface area contributed by atoms with Gasteiger partial charge in [-0.05, 0) is 63.1 Å². The molecule has 3 amide bonds. The van der Waals surface area contributed by atoms with Crippen molar-refractivity contribution in [2.45, 2.75) is 46.1 Å². The summed E-state index contributed by atoms with van der Waals surface area (Å²) in [4.78, 5) is 46.9. The average Bonchev–Trinajstić information content (AvgIpc) is 3.99. The highest BCUT2D eigenvalue weighted by Gasteiger charge is 2.34. The van der Waals surface area contributed by atoms with E-state index < -0.39 is 6.04 Å². The fraction of sp³-hybridized carbons (Fsp3) is 0.410. The van der Waals surface area contributed by atoms with E-state index >= 15 is 0 Å². The van der Waals surface area contributed by atoms with Crippen LogP contribution in [0.5, 0.6) is 0 Å². The summed E-state index contributed by atoms with van der Waals surface area (Å²) in [6, 6.07) is 12.2. The first-order valence-electron chi connectivity index (χ1n) is 18.6. The lowest BCUT2D eigenvalue weighted by atomic mass is 9.99. The topological polar surface area (TPSA) is 156 Å². The number of ether oxygens (including phenoxy) is 2. The van der Waals surface area contributed by atoms with Gasteiger partial charge >= 0.3 is 0 Å². The minimum absolute atomic E-state index is 0.0693. The molecule has 3 aliphatic heterocycles. The van der Waals surface area contributed by atoms with E-state index in [2.05, 4.69) is 39.8 Å². The lowest BCUT2D eigenvalue weighted by molar-refractivity contribution is -0.136. The SMILES string of the molecule is Cc1sc2c(c1C)C(c1ccc(Cl)cc1)=N[C@@H](CC(=O)NCCOCCOCC(=O)N1CC[C@H](C(=O)NC3=NN(c4ccc(Cl)c(Cl)c4)CC3)C1)c1nnc(C)n1-2. The van der Waals surface area contributed by atoms with Gasteiger partial charge in [-0.15, -0.1) is 21.5 Å². The Hall–Kier alpha value is -4.38. The minimum atomic E-state index is -0.572. The van der Waals surface area contributed by atoms with Crippen molar-refractivity contribution in [2.75, 3.05) is 57.6 Å². The maximum atomic E-state index is 13.2. The number of nitrogens with zero attached hydrogens (tertiary/aromatic N) is 7. The van der Waals surface area contributed by atoms with E-state index in [0.717, 1.165) is 38.9 Å². The summed E-state index contributed by atoms with van der Waals surface area (Å²) in [5, 5.41) is 23.4. The van der Waals surface area contributed by atoms with E-state index in [1.54, 1.807) is 33.4 Å². The third kappa shape index (κ3) is 9.35. The Labute approximate surface area is 349 Å². The number of anilines is 1. The molecule has 4 aromatic rings. The fourth-order valence-electron chi connectivity index (χ4n) is 6.94. The fourth-order valence-corrected chi connectivity index (χ4v) is 8.57. The number of likely N-dealkylation sites (tertiary alicyclic amines) is 1. The van der Waals surface area contributed by atoms with Crippen LogP contribution < -0.4 is 15.6 Å². The third-order valence-corrected chi connectivity index (χ3v) is 12.3. The number of thiophene rings is 1. The second-order valence-corrected chi connectivity index (χ2v) is 16.4. The van der Waals surface area contributed by atoms with Crippen molar-refractivity contribution in [3.63, 3.8) is 0 Å². The van der Waals surface area contributed by atoms with Crippen LogP contribution in [-0.2, 0) is 23.9 Å². The monoisotopic (exact) mass is 853 g/mol. The number of rotatable bonds is 13. The summed E-state index contributed by atoms with van der Waals surface area (Å²) < 4.78 is 13.2. The Morgan fingerprint density at radius 1 is 0.947 bits per heavy atom. The average molecular weight is 855 g/mol. The molecule has 2 atom stereocenters. The standard InChI is InChI=1S/C39H42Cl3N9O5S/c1-22-23(2)57-39-35(22)36(25-4-6-27(40)7-5-25)44-31(37-47-46-24(3)51(37)39)19-33(52)43-12-15-55-16-17-56-21-34(53)49-13-10-26(20-49)38(54)45-32-11-14-50(48-32)28-8-9-29(41)30(42)18-28/h4-9,18,26,31H,10-17,19-21H2,1-3H3,(H,43,52)(H,45,48,54)/t26-,31-/m0/s1. The molecule has 3 aliphatic rings. The number of hydrogen-bond acceptors (Lipinski definition) is 11. The van der Waals surface area contributed by atoms with E-state index in [1.807, 2.05) is 41.8 Å². The molecule has 2 aromatic heterocycles. The molecule has 7 rings (SSSR count). The number of halogens is 3. The molecule has 0 spiro atoms. The number of nitrogens with one attached hydrogen (secondary N) is 2. The molecule has 18 heteroatoms. The van der Waals surface area contributed by atoms with Crippen LogP contribution in [0.2, 0.25) is 15.1 Å². The molecule has 57 heavy (non-hydrogen) atoms. The Morgan fingerprint density at radius 2 is 1.74 bits per heavy atom. The van der Waals surface area contributed by atoms with Crippen LogP contribution >= 0.6 is 46.1 Å². The second kappa shape index (κ2) is 18.0. The summed E-state index contributed by atoms with van der Waals surface area (Å²) in [7, 11) is 0. The van der Waals surface area contributed by atoms with Crippen LogP contribution in [0.4, 0.5) is 5.69 Å². The van der Waals surface area contributed by atoms with E-state index in [-0.39, 0.29) is 63.0 Å². The van der Waals surface area contributed by atoms with E-state index in [9.17, 15) is 14.4 Å². The number of aromatic nitrogens is 3. The smallest absolute Gasteiger partial charge is 0.248 e. The molecule has 14 nitrogen and oxygen atoms in total. The van der Waals surface area contributed by atoms with Gasteiger partial charge in [0, 0.05) is 53.6 Å². The van der Waals surface area contributed by atoms with Gasteiger partial charge in [-0.3, -0.25) is 29.0 Å². The van der Waals surface area contributed by atoms with Crippen LogP contribution in [0, 0.1) is 26.7 Å². The Balaban J connectivity index is 0.821. The zero-order valence-electron chi connectivity index (χ0n) is 31.7. The van der Waals surface area contributed by atoms with Crippen LogP contribution in [0.25, 0.3) is 5.00 Å². The number of hydrazone groups is 1. The molecular formula is C39H42Cl3N9O5S. The van der Waals surface area contributed by atoms with Crippen molar-refractivity contribution in [3.05, 3.63) is 90.7 Å². The molecule has 0 saturated carbocycles. The van der Waals surface area contributed by atoms with Crippen molar-refractivity contribution < 1.29 is 23.9 Å². The summed E-state index contributed by atoms with van der Waals surface area (Å²) in [6.45, 7) is 8.34. The molecule has 1 saturated heterocycles. The summed E-state index contributed by atoms with van der Waals surface area (Å²) >= 11 is 20.0. The summed E-state index contributed by atoms with van der Waals surface area (Å²) in [6.07, 6.45) is 1.20. The van der Waals surface area contributed by atoms with Crippen LogP contribution in [0.1, 0.15) is 58.5 Å². The van der Waals surface area contributed by atoms with Gasteiger partial charge in [0.05, 0.1) is 53.6 Å². The predicted octanol–water partition coefficient (Wildman–Crippen LogP) is 5.83. The zero-order valence-corrected chi connectivity index (χ0v) is 34.8. The Kier molecular flexibility index (Phi) is 12.9. The number of carbonyl (C=O) groups is 3. The second-order valence-electron chi connectivity index (χ2n) is 14.0. The first-order chi connectivity index (χ1) is 27.5. The van der Waals surface area contributed by atoms with Gasteiger partial charge in [0.25, 0.3) is 0 Å². The van der Waals surface area contributed by atoms with E-state index in [1.165, 1.54) is 4.88 Å². The van der Waals surface area contributed by atoms with Gasteiger partial charge in [0.15, 0.2) is 5.82 Å². The molecular weight excluding hydrogens is 813 g/mol. The predicted molar refractivity (Wildman–Crippen MR) is 221 cm³/mol. The third-order valence-electron chi connectivity index (χ3n) is 10.1. The normalized spacial score (nSPS) is 17.5. The molecule has 0 radical (unpaired) electrons. The molecule has 300 valence electrons. The van der Waals surface area contributed by atoms with Gasteiger partial charge in [-0.1, -0.05) is 46.9 Å². The Morgan fingerprint density at radius 3 is 2.53 bits per heavy atom. The largest absolute Gasteiger partial charge is 0.377 e. The number of amides is 3. The number of carbonyl (C=O) groups excluding carboxylic acids is 3. The molecule has 0 unspecified atom stereocenters. The molecule has 2 N–H and O–H groups in total. The van der Waals surface area contributed by atoms with Crippen LogP contribution in [-0.4, -0.2) is 102 Å². The maximum Gasteiger partial charge on any atom is 0.248 e. The van der Waals surface area contributed by atoms with Crippen LogP contribution in [0.15, 0.2) is 52.6 Å². The number of aryl methyl sites for hydroxylation is 2. The van der Waals surface area contributed by atoms with E-state index in [4.69, 9.17) is 49.3 Å². The summed E-state index contributed by atoms with van der Waals surface area (Å²) in [5.41, 5.74) is 4.59. The van der Waals surface area contributed by atoms with Crippen LogP contribution in [0.3, 0.4) is 0 Å².